The van der Waals surface area contributed by atoms with Gasteiger partial charge in [-0.3, -0.25) is 4.79 Å². The Balaban J connectivity index is 1.53. The second-order valence-electron chi connectivity index (χ2n) is 6.94. The summed E-state index contributed by atoms with van der Waals surface area (Å²) in [4.78, 5) is 20.3. The van der Waals surface area contributed by atoms with Crippen LogP contribution in [0.3, 0.4) is 0 Å². The molecule has 1 aromatic heterocycles. The number of ether oxygens (including phenoxy) is 1. The van der Waals surface area contributed by atoms with Crippen molar-refractivity contribution in [2.45, 2.75) is 31.8 Å². The third-order valence-electron chi connectivity index (χ3n) is 4.84. The summed E-state index contributed by atoms with van der Waals surface area (Å²) in [5.74, 6) is 1.19. The molecule has 2 aliphatic rings. The van der Waals surface area contributed by atoms with Gasteiger partial charge >= 0.3 is 0 Å². The van der Waals surface area contributed by atoms with E-state index in [0.717, 1.165) is 44.3 Å². The number of carbonyl (C=O) groups excluding carboxylic acids is 1. The van der Waals surface area contributed by atoms with Crippen molar-refractivity contribution in [3.8, 4) is 23.1 Å². The van der Waals surface area contributed by atoms with E-state index in [1.54, 1.807) is 12.1 Å². The monoisotopic (exact) mass is 363 g/mol. The van der Waals surface area contributed by atoms with Gasteiger partial charge in [0, 0.05) is 17.5 Å². The third kappa shape index (κ3) is 4.23. The smallest absolute Gasteiger partial charge is 0.228 e. The topological polar surface area (TPSA) is 99.9 Å². The van der Waals surface area contributed by atoms with E-state index in [9.17, 15) is 10.1 Å². The van der Waals surface area contributed by atoms with E-state index < -0.39 is 0 Å². The Morgan fingerprint density at radius 1 is 1.19 bits per heavy atom. The summed E-state index contributed by atoms with van der Waals surface area (Å²) in [5.41, 5.74) is 1.92. The molecule has 0 atom stereocenters. The Kier molecular flexibility index (Phi) is 4.99. The molecule has 7 heteroatoms. The van der Waals surface area contributed by atoms with Crippen LogP contribution in [-0.4, -0.2) is 35.1 Å². The van der Waals surface area contributed by atoms with E-state index in [0.29, 0.717) is 22.8 Å². The molecule has 1 aromatic carbocycles. The van der Waals surface area contributed by atoms with E-state index in [2.05, 4.69) is 26.7 Å². The van der Waals surface area contributed by atoms with E-state index in [1.165, 1.54) is 6.33 Å². The lowest BCUT2D eigenvalue weighted by atomic mass is 10.1. The van der Waals surface area contributed by atoms with Crippen LogP contribution in [-0.2, 0) is 4.79 Å². The molecular weight excluding hydrogens is 342 g/mol. The van der Waals surface area contributed by atoms with Gasteiger partial charge in [-0.25, -0.2) is 9.97 Å². The van der Waals surface area contributed by atoms with Crippen LogP contribution >= 0.6 is 0 Å². The first-order valence-corrected chi connectivity index (χ1v) is 9.28. The molecule has 2 heterocycles. The first-order valence-electron chi connectivity index (χ1n) is 9.28. The fourth-order valence-corrected chi connectivity index (χ4v) is 3.13. The molecule has 138 valence electrons. The molecule has 1 aliphatic carbocycles. The number of amides is 1. The molecule has 2 aromatic rings. The summed E-state index contributed by atoms with van der Waals surface area (Å²) in [6.45, 7) is 1.86. The quantitative estimate of drug-likeness (QED) is 0.847. The Morgan fingerprint density at radius 3 is 2.74 bits per heavy atom. The van der Waals surface area contributed by atoms with Crippen molar-refractivity contribution < 1.29 is 9.53 Å². The van der Waals surface area contributed by atoms with Crippen molar-refractivity contribution in [2.24, 2.45) is 5.92 Å². The number of anilines is 1. The largest absolute Gasteiger partial charge is 0.489 e. The van der Waals surface area contributed by atoms with Crippen molar-refractivity contribution in [1.82, 2.24) is 15.3 Å². The number of hydrogen-bond acceptors (Lipinski definition) is 6. The van der Waals surface area contributed by atoms with Gasteiger partial charge in [0.25, 0.3) is 0 Å². The summed E-state index contributed by atoms with van der Waals surface area (Å²) in [6.07, 6.45) is 5.29. The Hall–Kier alpha value is -2.98. The van der Waals surface area contributed by atoms with Gasteiger partial charge in [-0.05, 0) is 57.0 Å². The van der Waals surface area contributed by atoms with Gasteiger partial charge in [0.2, 0.25) is 5.91 Å². The van der Waals surface area contributed by atoms with Crippen LogP contribution in [0, 0.1) is 17.2 Å². The molecular formula is C20H21N5O2. The van der Waals surface area contributed by atoms with Gasteiger partial charge < -0.3 is 15.4 Å². The molecule has 0 spiro atoms. The Labute approximate surface area is 157 Å². The van der Waals surface area contributed by atoms with Crippen molar-refractivity contribution in [1.29, 1.82) is 5.26 Å². The van der Waals surface area contributed by atoms with Gasteiger partial charge in [0.1, 0.15) is 30.1 Å². The van der Waals surface area contributed by atoms with E-state index in [4.69, 9.17) is 4.74 Å². The summed E-state index contributed by atoms with van der Waals surface area (Å²) in [7, 11) is 0. The Morgan fingerprint density at radius 2 is 2.00 bits per heavy atom. The minimum absolute atomic E-state index is 0.00286. The van der Waals surface area contributed by atoms with Crippen LogP contribution in [0.25, 0.3) is 11.3 Å². The van der Waals surface area contributed by atoms with Gasteiger partial charge in [-0.15, -0.1) is 0 Å². The highest BCUT2D eigenvalue weighted by Crippen LogP contribution is 2.31. The molecule has 2 fully saturated rings. The highest BCUT2D eigenvalue weighted by molar-refractivity contribution is 5.93. The zero-order valence-electron chi connectivity index (χ0n) is 14.9. The average molecular weight is 363 g/mol. The van der Waals surface area contributed by atoms with Gasteiger partial charge in [0.05, 0.1) is 11.3 Å². The molecule has 2 N–H and O–H groups in total. The number of benzene rings is 1. The number of nitrogens with zero attached hydrogens (tertiary/aromatic N) is 3. The predicted octanol–water partition coefficient (Wildman–Crippen LogP) is 2.49. The fraction of sp³-hybridized carbons (Fsp3) is 0.400. The lowest BCUT2D eigenvalue weighted by molar-refractivity contribution is -0.117. The van der Waals surface area contributed by atoms with Crippen LogP contribution in [0.1, 0.15) is 31.2 Å². The molecule has 0 bridgehead atoms. The molecule has 0 unspecified atom stereocenters. The molecule has 4 rings (SSSR count). The van der Waals surface area contributed by atoms with Crippen molar-refractivity contribution in [3.05, 3.63) is 36.2 Å². The molecule has 27 heavy (non-hydrogen) atoms. The first-order chi connectivity index (χ1) is 13.2. The van der Waals surface area contributed by atoms with Crippen LogP contribution in [0.4, 0.5) is 5.82 Å². The maximum Gasteiger partial charge on any atom is 0.228 e. The third-order valence-corrected chi connectivity index (χ3v) is 4.84. The lowest BCUT2D eigenvalue weighted by Crippen LogP contribution is -2.34. The summed E-state index contributed by atoms with van der Waals surface area (Å²) in [5, 5.41) is 15.7. The second-order valence-corrected chi connectivity index (χ2v) is 6.94. The first kappa shape index (κ1) is 17.4. The molecule has 1 aliphatic heterocycles. The second kappa shape index (κ2) is 7.72. The number of nitriles is 1. The SMILES string of the molecule is N#Cc1cc(-c2cc(NC(=O)C3CC3)ncn2)ccc1OC1CCNCC1. The summed E-state index contributed by atoms with van der Waals surface area (Å²) < 4.78 is 6.03. The zero-order valence-corrected chi connectivity index (χ0v) is 14.9. The minimum atomic E-state index is 0.00286. The fourth-order valence-electron chi connectivity index (χ4n) is 3.13. The van der Waals surface area contributed by atoms with Crippen LogP contribution < -0.4 is 15.4 Å². The number of carbonyl (C=O) groups is 1. The van der Waals surface area contributed by atoms with Gasteiger partial charge in [-0.1, -0.05) is 0 Å². The predicted molar refractivity (Wildman–Crippen MR) is 100 cm³/mol. The maximum absolute atomic E-state index is 11.9. The average Bonchev–Trinajstić information content (AvgIpc) is 3.55. The van der Waals surface area contributed by atoms with Gasteiger partial charge in [-0.2, -0.15) is 5.26 Å². The normalized spacial score (nSPS) is 17.1. The number of aromatic nitrogens is 2. The number of piperidine rings is 1. The van der Waals surface area contributed by atoms with Crippen LogP contribution in [0.15, 0.2) is 30.6 Å². The number of rotatable bonds is 5. The van der Waals surface area contributed by atoms with Crippen molar-refractivity contribution in [2.75, 3.05) is 18.4 Å². The van der Waals surface area contributed by atoms with E-state index in [1.807, 2.05) is 12.1 Å². The molecule has 1 saturated carbocycles. The standard InChI is InChI=1S/C20H21N5O2/c21-11-15-9-14(3-4-18(15)27-16-5-7-22-8-6-16)17-10-19(24-12-23-17)25-20(26)13-1-2-13/h3-4,9-10,12-13,16,22H,1-2,5-8H2,(H,23,24,25,26). The van der Waals surface area contributed by atoms with E-state index >= 15 is 0 Å². The molecule has 7 nitrogen and oxygen atoms in total. The summed E-state index contributed by atoms with van der Waals surface area (Å²) in [6, 6.07) is 9.41. The van der Waals surface area contributed by atoms with Crippen LogP contribution in [0.2, 0.25) is 0 Å². The lowest BCUT2D eigenvalue weighted by Gasteiger charge is -2.24. The van der Waals surface area contributed by atoms with Gasteiger partial charge in [0.15, 0.2) is 0 Å². The molecule has 0 radical (unpaired) electrons. The Bertz CT molecular complexity index is 882. The highest BCUT2D eigenvalue weighted by atomic mass is 16.5. The summed E-state index contributed by atoms with van der Waals surface area (Å²) >= 11 is 0. The minimum Gasteiger partial charge on any atom is -0.489 e. The maximum atomic E-state index is 11.9. The molecule has 1 saturated heterocycles. The molecule has 1 amide bonds. The number of nitrogens with one attached hydrogen (secondary N) is 2. The number of hydrogen-bond donors (Lipinski definition) is 2. The zero-order chi connectivity index (χ0) is 18.6. The van der Waals surface area contributed by atoms with Crippen molar-refractivity contribution in [3.63, 3.8) is 0 Å². The van der Waals surface area contributed by atoms with E-state index in [-0.39, 0.29) is 17.9 Å². The van der Waals surface area contributed by atoms with Crippen LogP contribution in [0.5, 0.6) is 5.75 Å². The van der Waals surface area contributed by atoms with Crippen molar-refractivity contribution >= 4 is 11.7 Å². The highest BCUT2D eigenvalue weighted by Gasteiger charge is 2.29.